The standard InChI is InChI=1S/C18H19FN2O2/c1-13-6-8-17(9-7-13)21(14(2)22)11-10-18(23)20-16-5-3-4-15(19)12-16/h3-9,12H,10-11H2,1-2H3,(H,20,23). The molecule has 0 aromatic heterocycles. The number of anilines is 2. The number of amides is 2. The molecular weight excluding hydrogens is 295 g/mol. The maximum absolute atomic E-state index is 13.1. The van der Waals surface area contributed by atoms with Gasteiger partial charge in [0.1, 0.15) is 5.82 Å². The smallest absolute Gasteiger partial charge is 0.226 e. The topological polar surface area (TPSA) is 49.4 Å². The number of carbonyl (C=O) groups excluding carboxylic acids is 2. The van der Waals surface area contributed by atoms with Crippen LogP contribution in [0.25, 0.3) is 0 Å². The molecule has 4 nitrogen and oxygen atoms in total. The van der Waals surface area contributed by atoms with Crippen molar-refractivity contribution in [3.63, 3.8) is 0 Å². The van der Waals surface area contributed by atoms with E-state index in [2.05, 4.69) is 5.32 Å². The first-order valence-electron chi connectivity index (χ1n) is 7.36. The molecule has 0 aliphatic carbocycles. The lowest BCUT2D eigenvalue weighted by atomic mass is 10.2. The van der Waals surface area contributed by atoms with Crippen molar-refractivity contribution in [2.24, 2.45) is 0 Å². The summed E-state index contributed by atoms with van der Waals surface area (Å²) in [5.41, 5.74) is 2.25. The third-order valence-electron chi connectivity index (χ3n) is 3.40. The Morgan fingerprint density at radius 2 is 1.83 bits per heavy atom. The average molecular weight is 314 g/mol. The minimum Gasteiger partial charge on any atom is -0.326 e. The summed E-state index contributed by atoms with van der Waals surface area (Å²) in [5, 5.41) is 2.62. The molecule has 2 rings (SSSR count). The van der Waals surface area contributed by atoms with Crippen LogP contribution in [0.4, 0.5) is 15.8 Å². The Kier molecular flexibility index (Phi) is 5.46. The van der Waals surface area contributed by atoms with Gasteiger partial charge in [0.15, 0.2) is 0 Å². The largest absolute Gasteiger partial charge is 0.326 e. The van der Waals surface area contributed by atoms with Crippen molar-refractivity contribution in [1.82, 2.24) is 0 Å². The quantitative estimate of drug-likeness (QED) is 0.918. The summed E-state index contributed by atoms with van der Waals surface area (Å²) >= 11 is 0. The molecule has 2 aromatic carbocycles. The fraction of sp³-hybridized carbons (Fsp3) is 0.222. The summed E-state index contributed by atoms with van der Waals surface area (Å²) in [6, 6.07) is 13.2. The summed E-state index contributed by atoms with van der Waals surface area (Å²) < 4.78 is 13.1. The van der Waals surface area contributed by atoms with Crippen LogP contribution in [0.2, 0.25) is 0 Å². The summed E-state index contributed by atoms with van der Waals surface area (Å²) in [7, 11) is 0. The highest BCUT2D eigenvalue weighted by Crippen LogP contribution is 2.16. The van der Waals surface area contributed by atoms with Gasteiger partial charge in [-0.05, 0) is 37.3 Å². The number of nitrogens with zero attached hydrogens (tertiary/aromatic N) is 1. The Balaban J connectivity index is 1.97. The molecule has 0 unspecified atom stereocenters. The van der Waals surface area contributed by atoms with Gasteiger partial charge in [-0.1, -0.05) is 23.8 Å². The highest BCUT2D eigenvalue weighted by Gasteiger charge is 2.13. The van der Waals surface area contributed by atoms with E-state index in [-0.39, 0.29) is 24.8 Å². The van der Waals surface area contributed by atoms with E-state index < -0.39 is 5.82 Å². The average Bonchev–Trinajstić information content (AvgIpc) is 2.49. The molecule has 23 heavy (non-hydrogen) atoms. The van der Waals surface area contributed by atoms with Gasteiger partial charge in [-0.2, -0.15) is 0 Å². The maximum atomic E-state index is 13.1. The molecule has 1 N–H and O–H groups in total. The van der Waals surface area contributed by atoms with Crippen LogP contribution in [0.1, 0.15) is 18.9 Å². The zero-order valence-electron chi connectivity index (χ0n) is 13.2. The van der Waals surface area contributed by atoms with E-state index in [0.717, 1.165) is 11.3 Å². The van der Waals surface area contributed by atoms with Crippen molar-refractivity contribution in [2.45, 2.75) is 20.3 Å². The lowest BCUT2D eigenvalue weighted by Crippen LogP contribution is -2.31. The minimum atomic E-state index is -0.409. The van der Waals surface area contributed by atoms with Crippen molar-refractivity contribution in [2.75, 3.05) is 16.8 Å². The van der Waals surface area contributed by atoms with Crippen LogP contribution in [0, 0.1) is 12.7 Å². The van der Waals surface area contributed by atoms with E-state index in [4.69, 9.17) is 0 Å². The lowest BCUT2D eigenvalue weighted by Gasteiger charge is -2.21. The first kappa shape index (κ1) is 16.7. The molecular formula is C18H19FN2O2. The number of nitrogens with one attached hydrogen (secondary N) is 1. The molecule has 0 aliphatic rings. The normalized spacial score (nSPS) is 10.2. The van der Waals surface area contributed by atoms with Gasteiger partial charge in [-0.3, -0.25) is 9.59 Å². The van der Waals surface area contributed by atoms with E-state index >= 15 is 0 Å². The first-order chi connectivity index (χ1) is 11.0. The molecule has 2 amide bonds. The van der Waals surface area contributed by atoms with Gasteiger partial charge in [-0.25, -0.2) is 4.39 Å². The monoisotopic (exact) mass is 314 g/mol. The number of aryl methyl sites for hydroxylation is 1. The van der Waals surface area contributed by atoms with Crippen molar-refractivity contribution >= 4 is 23.2 Å². The van der Waals surface area contributed by atoms with Crippen LogP contribution in [-0.2, 0) is 9.59 Å². The number of hydrogen-bond acceptors (Lipinski definition) is 2. The van der Waals surface area contributed by atoms with Crippen LogP contribution < -0.4 is 10.2 Å². The number of halogens is 1. The van der Waals surface area contributed by atoms with Crippen LogP contribution in [-0.4, -0.2) is 18.4 Å². The van der Waals surface area contributed by atoms with Gasteiger partial charge >= 0.3 is 0 Å². The van der Waals surface area contributed by atoms with E-state index in [1.807, 2.05) is 31.2 Å². The third-order valence-corrected chi connectivity index (χ3v) is 3.40. The Hall–Kier alpha value is -2.69. The number of carbonyl (C=O) groups is 2. The van der Waals surface area contributed by atoms with Gasteiger partial charge < -0.3 is 10.2 Å². The van der Waals surface area contributed by atoms with Gasteiger partial charge in [0.25, 0.3) is 0 Å². The maximum Gasteiger partial charge on any atom is 0.226 e. The summed E-state index contributed by atoms with van der Waals surface area (Å²) in [6.45, 7) is 3.69. The lowest BCUT2D eigenvalue weighted by molar-refractivity contribution is -0.117. The van der Waals surface area contributed by atoms with Gasteiger partial charge in [-0.15, -0.1) is 0 Å². The summed E-state index contributed by atoms with van der Waals surface area (Å²) in [5.74, 6) is -0.811. The minimum absolute atomic E-state index is 0.129. The molecule has 0 heterocycles. The summed E-state index contributed by atoms with van der Waals surface area (Å²) in [4.78, 5) is 25.3. The van der Waals surface area contributed by atoms with E-state index in [1.54, 1.807) is 11.0 Å². The molecule has 0 aliphatic heterocycles. The van der Waals surface area contributed by atoms with Gasteiger partial charge in [0.2, 0.25) is 11.8 Å². The second-order valence-electron chi connectivity index (χ2n) is 5.31. The van der Waals surface area contributed by atoms with Crippen LogP contribution in [0.15, 0.2) is 48.5 Å². The highest BCUT2D eigenvalue weighted by atomic mass is 19.1. The molecule has 0 atom stereocenters. The molecule has 2 aromatic rings. The van der Waals surface area contributed by atoms with Crippen LogP contribution in [0.3, 0.4) is 0 Å². The molecule has 5 heteroatoms. The molecule has 0 radical (unpaired) electrons. The second-order valence-corrected chi connectivity index (χ2v) is 5.31. The van der Waals surface area contributed by atoms with E-state index in [9.17, 15) is 14.0 Å². The molecule has 120 valence electrons. The van der Waals surface area contributed by atoms with Crippen molar-refractivity contribution in [3.05, 3.63) is 59.9 Å². The highest BCUT2D eigenvalue weighted by molar-refractivity contribution is 5.94. The van der Waals surface area contributed by atoms with Crippen molar-refractivity contribution in [1.29, 1.82) is 0 Å². The zero-order valence-corrected chi connectivity index (χ0v) is 13.2. The van der Waals surface area contributed by atoms with Gasteiger partial charge in [0.05, 0.1) is 0 Å². The SMILES string of the molecule is CC(=O)N(CCC(=O)Nc1cccc(F)c1)c1ccc(C)cc1. The fourth-order valence-electron chi connectivity index (χ4n) is 2.20. The Bertz CT molecular complexity index is 698. The molecule has 0 bridgehead atoms. The molecule has 0 fully saturated rings. The predicted octanol–water partition coefficient (Wildman–Crippen LogP) is 3.52. The molecule has 0 saturated carbocycles. The van der Waals surface area contributed by atoms with Crippen molar-refractivity contribution in [3.8, 4) is 0 Å². The van der Waals surface area contributed by atoms with Crippen LogP contribution in [0.5, 0.6) is 0 Å². The Labute approximate surface area is 134 Å². The van der Waals surface area contributed by atoms with Crippen molar-refractivity contribution < 1.29 is 14.0 Å². The Morgan fingerprint density at radius 1 is 1.13 bits per heavy atom. The molecule has 0 saturated heterocycles. The number of rotatable bonds is 5. The van der Waals surface area contributed by atoms with Crippen LogP contribution >= 0.6 is 0 Å². The van der Waals surface area contributed by atoms with E-state index in [0.29, 0.717) is 5.69 Å². The number of benzene rings is 2. The second kappa shape index (κ2) is 7.54. The fourth-order valence-corrected chi connectivity index (χ4v) is 2.20. The van der Waals surface area contributed by atoms with Gasteiger partial charge in [0, 0.05) is 31.3 Å². The van der Waals surface area contributed by atoms with E-state index in [1.165, 1.54) is 25.1 Å². The first-order valence-corrected chi connectivity index (χ1v) is 7.36. The predicted molar refractivity (Wildman–Crippen MR) is 88.9 cm³/mol. The Morgan fingerprint density at radius 3 is 2.43 bits per heavy atom. The number of hydrogen-bond donors (Lipinski definition) is 1. The molecule has 0 spiro atoms. The zero-order chi connectivity index (χ0) is 16.8. The summed E-state index contributed by atoms with van der Waals surface area (Å²) in [6.07, 6.45) is 0.129. The third kappa shape index (κ3) is 4.92.